The molecule has 0 aliphatic heterocycles. The second kappa shape index (κ2) is 4.25. The average molecular weight is 287 g/mol. The van der Waals surface area contributed by atoms with Crippen LogP contribution in [0.1, 0.15) is 12.5 Å². The number of aryl methyl sites for hydroxylation is 1. The number of benzene rings is 1. The van der Waals surface area contributed by atoms with Crippen LogP contribution >= 0.6 is 39.0 Å². The van der Waals surface area contributed by atoms with Crippen molar-refractivity contribution in [3.63, 3.8) is 0 Å². The van der Waals surface area contributed by atoms with E-state index >= 15 is 0 Å². The number of rotatable bonds is 2. The fourth-order valence-corrected chi connectivity index (χ4v) is 4.67. The van der Waals surface area contributed by atoms with Gasteiger partial charge in [0, 0.05) is 10.1 Å². The molecule has 74 valence electrons. The number of fused-ring (bicyclic) bond motifs is 1. The summed E-state index contributed by atoms with van der Waals surface area (Å²) in [5, 5.41) is 1.41. The number of thioether (sulfide) groups is 1. The molecule has 0 N–H and O–H groups in total. The van der Waals surface area contributed by atoms with Crippen LogP contribution in [0.5, 0.6) is 0 Å². The highest BCUT2D eigenvalue weighted by Crippen LogP contribution is 2.42. The quantitative estimate of drug-likeness (QED) is 0.704. The lowest BCUT2D eigenvalue weighted by molar-refractivity contribution is 1.16. The molecule has 2 rings (SSSR count). The van der Waals surface area contributed by atoms with Gasteiger partial charge in [-0.2, -0.15) is 0 Å². The van der Waals surface area contributed by atoms with Gasteiger partial charge in [0.15, 0.2) is 0 Å². The molecule has 0 atom stereocenters. The molecule has 1 aromatic heterocycles. The van der Waals surface area contributed by atoms with E-state index in [1.807, 2.05) is 23.1 Å². The van der Waals surface area contributed by atoms with Gasteiger partial charge in [0.05, 0.1) is 8.68 Å². The highest BCUT2D eigenvalue weighted by Gasteiger charge is 2.11. The normalized spacial score (nSPS) is 11.1. The van der Waals surface area contributed by atoms with Crippen LogP contribution in [0.3, 0.4) is 0 Å². The molecule has 1 heterocycles. The van der Waals surface area contributed by atoms with Crippen LogP contribution in [0, 0.1) is 0 Å². The first-order valence-electron chi connectivity index (χ1n) is 4.51. The van der Waals surface area contributed by atoms with Gasteiger partial charge in [-0.1, -0.05) is 19.1 Å². The minimum absolute atomic E-state index is 1.10. The molecule has 0 aliphatic rings. The number of hydrogen-bond acceptors (Lipinski definition) is 2. The molecule has 0 nitrogen and oxygen atoms in total. The van der Waals surface area contributed by atoms with Crippen molar-refractivity contribution in [3.8, 4) is 0 Å². The van der Waals surface area contributed by atoms with Crippen LogP contribution in [-0.2, 0) is 6.42 Å². The van der Waals surface area contributed by atoms with Crippen molar-refractivity contribution >= 4 is 49.1 Å². The highest BCUT2D eigenvalue weighted by atomic mass is 79.9. The third-order valence-corrected chi connectivity index (χ3v) is 5.87. The van der Waals surface area contributed by atoms with E-state index in [0.29, 0.717) is 0 Å². The predicted molar refractivity (Wildman–Crippen MR) is 70.7 cm³/mol. The summed E-state index contributed by atoms with van der Waals surface area (Å²) >= 11 is 7.37. The van der Waals surface area contributed by atoms with Gasteiger partial charge in [-0.15, -0.1) is 23.1 Å². The lowest BCUT2D eigenvalue weighted by Gasteiger charge is -1.99. The van der Waals surface area contributed by atoms with Crippen molar-refractivity contribution in [2.45, 2.75) is 17.6 Å². The molecule has 2 aromatic rings. The maximum Gasteiger partial charge on any atom is 0.0751 e. The predicted octanol–water partition coefficient (Wildman–Crippen LogP) is 4.95. The van der Waals surface area contributed by atoms with Crippen molar-refractivity contribution in [2.75, 3.05) is 6.26 Å². The first-order valence-corrected chi connectivity index (χ1v) is 7.35. The van der Waals surface area contributed by atoms with Crippen LogP contribution in [0.2, 0.25) is 0 Å². The van der Waals surface area contributed by atoms with Gasteiger partial charge in [0.1, 0.15) is 0 Å². The molecule has 0 unspecified atom stereocenters. The van der Waals surface area contributed by atoms with E-state index in [1.54, 1.807) is 0 Å². The Morgan fingerprint density at radius 2 is 2.21 bits per heavy atom. The summed E-state index contributed by atoms with van der Waals surface area (Å²) in [7, 11) is 0. The maximum atomic E-state index is 3.69. The molecule has 0 bridgehead atoms. The molecule has 1 aromatic carbocycles. The van der Waals surface area contributed by atoms with Gasteiger partial charge < -0.3 is 0 Å². The Hall–Kier alpha value is 0.01000. The minimum Gasteiger partial charge on any atom is -0.128 e. The Bertz CT molecular complexity index is 460. The average Bonchev–Trinajstić information content (AvgIpc) is 2.55. The van der Waals surface area contributed by atoms with Gasteiger partial charge in [0.25, 0.3) is 0 Å². The molecule has 0 spiro atoms. The summed E-state index contributed by atoms with van der Waals surface area (Å²) in [6.07, 6.45) is 3.22. The van der Waals surface area contributed by atoms with Crippen LogP contribution in [0.25, 0.3) is 10.1 Å². The second-order valence-corrected chi connectivity index (χ2v) is 5.97. The van der Waals surface area contributed by atoms with Crippen molar-refractivity contribution in [1.29, 1.82) is 0 Å². The maximum absolute atomic E-state index is 3.69. The Labute approximate surface area is 101 Å². The van der Waals surface area contributed by atoms with E-state index in [-0.39, 0.29) is 0 Å². The first-order chi connectivity index (χ1) is 6.77. The van der Waals surface area contributed by atoms with Gasteiger partial charge in [-0.25, -0.2) is 0 Å². The molecule has 0 saturated heterocycles. The largest absolute Gasteiger partial charge is 0.128 e. The van der Waals surface area contributed by atoms with E-state index in [4.69, 9.17) is 0 Å². The van der Waals surface area contributed by atoms with Crippen LogP contribution in [-0.4, -0.2) is 6.26 Å². The fraction of sp³-hybridized carbons (Fsp3) is 0.273. The van der Waals surface area contributed by atoms with Gasteiger partial charge in [-0.3, -0.25) is 0 Å². The first kappa shape index (κ1) is 10.5. The molecular formula is C11H11BrS2. The number of thiophene rings is 1. The van der Waals surface area contributed by atoms with E-state index in [1.165, 1.54) is 24.3 Å². The van der Waals surface area contributed by atoms with E-state index < -0.39 is 0 Å². The third-order valence-electron chi connectivity index (χ3n) is 2.28. The topological polar surface area (TPSA) is 0 Å². The Kier molecular flexibility index (Phi) is 3.20. The molecule has 3 heteroatoms. The van der Waals surface area contributed by atoms with Gasteiger partial charge in [0.2, 0.25) is 0 Å². The van der Waals surface area contributed by atoms with Crippen molar-refractivity contribution in [1.82, 2.24) is 0 Å². The molecule has 0 radical (unpaired) electrons. The number of halogens is 1. The van der Waals surface area contributed by atoms with Crippen molar-refractivity contribution < 1.29 is 0 Å². The number of hydrogen-bond donors (Lipinski definition) is 0. The molecule has 0 aliphatic carbocycles. The molecule has 0 fully saturated rings. The summed E-state index contributed by atoms with van der Waals surface area (Å²) in [6, 6.07) is 6.56. The Morgan fingerprint density at radius 3 is 2.86 bits per heavy atom. The summed E-state index contributed by atoms with van der Waals surface area (Å²) in [6.45, 7) is 2.21. The highest BCUT2D eigenvalue weighted by molar-refractivity contribution is 9.10. The molecular weight excluding hydrogens is 276 g/mol. The zero-order chi connectivity index (χ0) is 10.1. The van der Waals surface area contributed by atoms with Crippen molar-refractivity contribution in [2.24, 2.45) is 0 Å². The van der Waals surface area contributed by atoms with Crippen LogP contribution in [0.15, 0.2) is 26.9 Å². The summed E-state index contributed by atoms with van der Waals surface area (Å²) in [5.74, 6) is 0. The minimum atomic E-state index is 1.10. The van der Waals surface area contributed by atoms with Crippen LogP contribution < -0.4 is 0 Å². The summed E-state index contributed by atoms with van der Waals surface area (Å²) < 4.78 is 4.05. The Balaban J connectivity index is 2.79. The lowest BCUT2D eigenvalue weighted by atomic mass is 10.1. The van der Waals surface area contributed by atoms with Gasteiger partial charge >= 0.3 is 0 Å². The SMILES string of the molecule is CCc1cccc2sc(SC)c(Br)c12. The lowest BCUT2D eigenvalue weighted by Crippen LogP contribution is -1.79. The van der Waals surface area contributed by atoms with Gasteiger partial charge in [-0.05, 0) is 40.2 Å². The van der Waals surface area contributed by atoms with Crippen LogP contribution in [0.4, 0.5) is 0 Å². The molecule has 14 heavy (non-hydrogen) atoms. The third kappa shape index (κ3) is 1.62. The van der Waals surface area contributed by atoms with Crippen molar-refractivity contribution in [3.05, 3.63) is 28.2 Å². The van der Waals surface area contributed by atoms with E-state index in [9.17, 15) is 0 Å². The van der Waals surface area contributed by atoms with E-state index in [0.717, 1.165) is 6.42 Å². The summed E-state index contributed by atoms with van der Waals surface area (Å²) in [5.41, 5.74) is 1.44. The van der Waals surface area contributed by atoms with E-state index in [2.05, 4.69) is 47.3 Å². The smallest absolute Gasteiger partial charge is 0.0751 e. The standard InChI is InChI=1S/C11H11BrS2/c1-3-7-5-4-6-8-9(7)10(12)11(13-2)14-8/h4-6H,3H2,1-2H3. The Morgan fingerprint density at radius 1 is 1.43 bits per heavy atom. The summed E-state index contributed by atoms with van der Waals surface area (Å²) in [4.78, 5) is 0. The zero-order valence-electron chi connectivity index (χ0n) is 8.13. The zero-order valence-corrected chi connectivity index (χ0v) is 11.4. The molecule has 0 amide bonds. The monoisotopic (exact) mass is 286 g/mol. The molecule has 0 saturated carbocycles. The second-order valence-electron chi connectivity index (χ2n) is 3.05. The fourth-order valence-electron chi connectivity index (χ4n) is 1.58.